The van der Waals surface area contributed by atoms with E-state index in [1.165, 1.54) is 181 Å². The minimum Gasteiger partial charge on any atom is -0.657 e. The van der Waals surface area contributed by atoms with Crippen LogP contribution in [0, 0.1) is 111 Å². The van der Waals surface area contributed by atoms with Gasteiger partial charge in [-0.25, -0.2) is 19.9 Å². The van der Waals surface area contributed by atoms with Gasteiger partial charge in [-0.3, -0.25) is 0 Å². The van der Waals surface area contributed by atoms with Gasteiger partial charge in [0.15, 0.2) is 0 Å². The molecular weight excluding hydrogens is 1830 g/mol. The third-order valence-electron chi connectivity index (χ3n) is 29.9. The van der Waals surface area contributed by atoms with Crippen molar-refractivity contribution in [1.82, 2.24) is 39.9 Å². The average molecular weight is 1960 g/mol. The first-order valence-corrected chi connectivity index (χ1v) is 49.5. The number of aromatic nitrogens is 8. The topological polar surface area (TPSA) is 111 Å². The number of aryl methyl sites for hydroxylation is 21. The summed E-state index contributed by atoms with van der Waals surface area (Å²) < 4.78 is 0. The Morgan fingerprint density at radius 1 is 0.244 bits per heavy atom. The summed E-state index contributed by atoms with van der Waals surface area (Å²) in [6.45, 7) is 66.2. The predicted molar refractivity (Wildman–Crippen MR) is 571 cm³/mol. The van der Waals surface area contributed by atoms with Crippen LogP contribution in [0.25, 0.3) is 155 Å². The number of nitrogens with zero attached hydrogens (tertiary/aromatic N) is 9. The maximum Gasteiger partial charge on any atom is 2.00 e. The van der Waals surface area contributed by atoms with Crippen molar-refractivity contribution in [1.29, 1.82) is 0 Å². The summed E-state index contributed by atoms with van der Waals surface area (Å²) >= 11 is 0. The predicted octanol–water partition coefficient (Wildman–Crippen LogP) is 33.6. The zero-order valence-electron chi connectivity index (χ0n) is 85.6. The van der Waals surface area contributed by atoms with Crippen LogP contribution in [0.1, 0.15) is 304 Å². The standard InChI is InChI=1S/C124H135N9.2Pd/c1-30-39-40-41-42-85-43-49-88(50-44-85)133(89-51-45-86(46-52-89)107-121-95(35-6)81(26)117(129-121)109(103-69(14)55-65(10)56-70(103)15)113-77(22)91(31-2)99(125-113)63-100-92(32-3)78(23)114(126-100)110(104-71(16)57-66(11)58-72(104)17)118-82(27)96(36-7)122(107)130-118)90-53-47-87(48-54-90)108-123-97(37-8)83(28)119(131-123)111(105-73(18)59-67(12)60-74(105)19)115-79(24)93(33-4)101(127-115)64-102-94(34-5)80(25)116(128-102)112(106-75(20)61-68(13)62-76(106)21)120-84(29)98(38-9)124(108)132-120;;/h43-64H,30-42H2,1-29H3;;/q-4;2*+2. The fraction of sp³-hybridized carbons (Fsp3) is 0.339. The van der Waals surface area contributed by atoms with E-state index in [1.54, 1.807) is 0 Å². The molecule has 11 heteroatoms. The fourth-order valence-electron chi connectivity index (χ4n) is 23.8. The Bertz CT molecular complexity index is 6890. The molecule has 6 aromatic heterocycles. The largest absolute Gasteiger partial charge is 2.00 e. The van der Waals surface area contributed by atoms with Gasteiger partial charge in [0.25, 0.3) is 0 Å². The molecule has 10 heterocycles. The van der Waals surface area contributed by atoms with Crippen LogP contribution in [0.15, 0.2) is 133 Å². The van der Waals surface area contributed by atoms with Gasteiger partial charge in [0, 0.05) is 17.1 Å². The maximum absolute atomic E-state index is 6.26. The first-order valence-electron chi connectivity index (χ1n) is 49.5. The Labute approximate surface area is 831 Å². The summed E-state index contributed by atoms with van der Waals surface area (Å²) in [7, 11) is 0. The molecule has 0 aliphatic carbocycles. The molecule has 0 saturated heterocycles. The van der Waals surface area contributed by atoms with Crippen LogP contribution in [-0.4, -0.2) is 19.9 Å². The molecule has 7 aromatic carbocycles. The van der Waals surface area contributed by atoms with Gasteiger partial charge in [-0.05, 0) is 400 Å². The molecule has 135 heavy (non-hydrogen) atoms. The van der Waals surface area contributed by atoms with Crippen LogP contribution in [0.3, 0.4) is 0 Å². The van der Waals surface area contributed by atoms with Crippen LogP contribution >= 0.6 is 0 Å². The molecule has 9 nitrogen and oxygen atoms in total. The fourth-order valence-corrected chi connectivity index (χ4v) is 23.8. The SMILES string of the molecule is CCCCCCc1ccc(N(c2ccc(-c3c4nc(c(-c5c(C)cc(C)cc5C)c5[n-]c(cc6nc(c(-c7c(C)cc(C)cc7C)c7[n-]c3c(CC)c7C)C(C)=C6CC)c(CC)c5C)C(C)=C4CC)cc2)c2ccc(-c3c4nc(c(-c5c(C)cc(C)cc5C)c5[n-]c(cc6nc(c(-c7c(C)cc(C)cc7C)c7[n-]c3c(CC)c7C)C(C)=C6CC)c(CC)c5C)C(C)=C4CC)cc2)cc1.[Pd+2].[Pd+2]. The van der Waals surface area contributed by atoms with Crippen molar-refractivity contribution >= 4 is 106 Å². The summed E-state index contributed by atoms with van der Waals surface area (Å²) in [6.07, 6.45) is 12.0. The molecule has 0 unspecified atom stereocenters. The van der Waals surface area contributed by atoms with Crippen LogP contribution in [0.4, 0.5) is 17.1 Å². The maximum atomic E-state index is 6.26. The molecule has 0 spiro atoms. The van der Waals surface area contributed by atoms with Gasteiger partial charge < -0.3 is 24.8 Å². The summed E-state index contributed by atoms with van der Waals surface area (Å²) in [5.74, 6) is 0. The van der Waals surface area contributed by atoms with Gasteiger partial charge in [0.05, 0.1) is 45.6 Å². The zero-order valence-corrected chi connectivity index (χ0v) is 88.7. The molecule has 0 fully saturated rings. The molecule has 13 aromatic rings. The average Bonchev–Trinajstić information content (AvgIpc) is 1.57. The Balaban J connectivity index is 0.00000694. The molecule has 0 amide bonds. The molecular formula is C124H135N9Pd2. The van der Waals surface area contributed by atoms with E-state index in [0.717, 1.165) is 238 Å². The van der Waals surface area contributed by atoms with Crippen LogP contribution in [0.2, 0.25) is 0 Å². The monoisotopic (exact) mass is 1960 g/mol. The quantitative estimate of drug-likeness (QED) is 0.0484. The first kappa shape index (κ1) is 98.4. The van der Waals surface area contributed by atoms with Gasteiger partial charge in [0.1, 0.15) is 0 Å². The van der Waals surface area contributed by atoms with Crippen molar-refractivity contribution in [2.75, 3.05) is 4.90 Å². The number of anilines is 3. The number of benzene rings is 7. The van der Waals surface area contributed by atoms with Gasteiger partial charge in [-0.1, -0.05) is 245 Å². The van der Waals surface area contributed by atoms with Crippen LogP contribution in [-0.2, 0) is 72.9 Å². The van der Waals surface area contributed by atoms with Gasteiger partial charge in [-0.2, -0.15) is 0 Å². The third-order valence-corrected chi connectivity index (χ3v) is 29.9. The van der Waals surface area contributed by atoms with Crippen LogP contribution < -0.4 is 24.8 Å². The number of unbranched alkanes of at least 4 members (excludes halogenated alkanes) is 3. The number of fused-ring (bicyclic) bond motifs is 16. The van der Waals surface area contributed by atoms with Gasteiger partial charge in [0.2, 0.25) is 0 Å². The molecule has 4 aliphatic rings. The Kier molecular flexibility index (Phi) is 28.8. The number of hydrogen-bond donors (Lipinski definition) is 0. The van der Waals surface area contributed by atoms with E-state index in [0.29, 0.717) is 0 Å². The van der Waals surface area contributed by atoms with E-state index in [2.05, 4.69) is 339 Å². The number of rotatable bonds is 22. The minimum absolute atomic E-state index is 0. The number of allylic oxidation sites excluding steroid dienone is 8. The molecule has 0 saturated carbocycles. The molecule has 4 aliphatic heterocycles. The van der Waals surface area contributed by atoms with E-state index in [-0.39, 0.29) is 40.8 Å². The molecule has 16 bridgehead atoms. The Morgan fingerprint density at radius 3 is 0.807 bits per heavy atom. The Hall–Kier alpha value is -11.1. The molecule has 0 radical (unpaired) electrons. The van der Waals surface area contributed by atoms with Crippen molar-refractivity contribution in [3.8, 4) is 66.8 Å². The van der Waals surface area contributed by atoms with Crippen molar-refractivity contribution in [3.05, 3.63) is 296 Å². The van der Waals surface area contributed by atoms with Crippen molar-refractivity contribution < 1.29 is 40.8 Å². The smallest absolute Gasteiger partial charge is 0.657 e. The summed E-state index contributed by atoms with van der Waals surface area (Å²) in [5, 5.41) is 0. The van der Waals surface area contributed by atoms with E-state index in [4.69, 9.17) is 39.9 Å². The van der Waals surface area contributed by atoms with Gasteiger partial charge >= 0.3 is 40.8 Å². The second kappa shape index (κ2) is 39.5. The molecule has 0 N–H and O–H groups in total. The minimum atomic E-state index is 0. The van der Waals surface area contributed by atoms with Gasteiger partial charge in [-0.15, -0.1) is 44.1 Å². The van der Waals surface area contributed by atoms with Crippen molar-refractivity contribution in [2.45, 2.75) is 284 Å². The second-order valence-electron chi connectivity index (χ2n) is 38.8. The third kappa shape index (κ3) is 17.0. The normalized spacial score (nSPS) is 12.8. The summed E-state index contributed by atoms with van der Waals surface area (Å²) in [6, 6.07) is 51.6. The second-order valence-corrected chi connectivity index (χ2v) is 38.8. The Morgan fingerprint density at radius 2 is 0.519 bits per heavy atom. The number of hydrogen-bond acceptors (Lipinski definition) is 5. The first-order chi connectivity index (χ1) is 63.8. The van der Waals surface area contributed by atoms with Crippen molar-refractivity contribution in [2.24, 2.45) is 0 Å². The summed E-state index contributed by atoms with van der Waals surface area (Å²) in [4.78, 5) is 51.1. The van der Waals surface area contributed by atoms with Crippen molar-refractivity contribution in [3.63, 3.8) is 0 Å². The zero-order chi connectivity index (χ0) is 94.6. The molecule has 696 valence electrons. The van der Waals surface area contributed by atoms with E-state index in [1.807, 2.05) is 0 Å². The molecule has 17 rings (SSSR count). The summed E-state index contributed by atoms with van der Waals surface area (Å²) in [5.41, 5.74) is 66.5. The van der Waals surface area contributed by atoms with Crippen LogP contribution in [0.5, 0.6) is 0 Å². The van der Waals surface area contributed by atoms with E-state index in [9.17, 15) is 0 Å². The van der Waals surface area contributed by atoms with E-state index < -0.39 is 0 Å². The van der Waals surface area contributed by atoms with E-state index >= 15 is 0 Å². The molecule has 0 atom stereocenters.